The summed E-state index contributed by atoms with van der Waals surface area (Å²) in [4.78, 5) is 43.1. The predicted octanol–water partition coefficient (Wildman–Crippen LogP) is 3.77. The van der Waals surface area contributed by atoms with Crippen molar-refractivity contribution in [1.82, 2.24) is 9.88 Å². The lowest BCUT2D eigenvalue weighted by molar-refractivity contribution is 0.0203. The van der Waals surface area contributed by atoms with E-state index in [0.29, 0.717) is 42.1 Å². The number of hydrogen-bond donors (Lipinski definition) is 1. The average molecular weight is 484 g/mol. The number of amides is 2. The molecule has 2 aromatic rings. The van der Waals surface area contributed by atoms with E-state index in [0.717, 1.165) is 18.5 Å². The van der Waals surface area contributed by atoms with Gasteiger partial charge in [-0.3, -0.25) is 9.78 Å². The minimum absolute atomic E-state index is 0.129. The number of nitrogens with zero attached hydrogens (tertiary/aromatic N) is 2. The Morgan fingerprint density at radius 1 is 1.03 bits per heavy atom. The Hall–Kier alpha value is -3.46. The van der Waals surface area contributed by atoms with E-state index in [1.165, 1.54) is 7.11 Å². The molecule has 1 saturated heterocycles. The van der Waals surface area contributed by atoms with Crippen LogP contribution < -0.4 is 5.73 Å². The van der Waals surface area contributed by atoms with E-state index >= 15 is 0 Å². The van der Waals surface area contributed by atoms with Gasteiger partial charge in [0.05, 0.1) is 23.4 Å². The van der Waals surface area contributed by atoms with Crippen molar-refractivity contribution in [2.75, 3.05) is 33.4 Å². The van der Waals surface area contributed by atoms with Crippen LogP contribution in [0, 0.1) is 0 Å². The lowest BCUT2D eigenvalue weighted by Gasteiger charge is -2.33. The van der Waals surface area contributed by atoms with Crippen molar-refractivity contribution >= 4 is 18.0 Å². The lowest BCUT2D eigenvalue weighted by Crippen LogP contribution is -2.41. The van der Waals surface area contributed by atoms with Crippen LogP contribution in [-0.4, -0.2) is 66.9 Å². The maximum Gasteiger partial charge on any atom is 0.410 e. The minimum Gasteiger partial charge on any atom is -0.460 e. The van der Waals surface area contributed by atoms with Gasteiger partial charge in [0, 0.05) is 37.4 Å². The van der Waals surface area contributed by atoms with Gasteiger partial charge in [0.2, 0.25) is 0 Å². The highest BCUT2D eigenvalue weighted by atomic mass is 16.6. The number of esters is 1. The second-order valence-electron chi connectivity index (χ2n) is 9.44. The van der Waals surface area contributed by atoms with Crippen molar-refractivity contribution in [1.29, 1.82) is 0 Å². The van der Waals surface area contributed by atoms with E-state index in [1.54, 1.807) is 35.2 Å². The van der Waals surface area contributed by atoms with Gasteiger partial charge in [0.25, 0.3) is 5.91 Å². The first-order valence-corrected chi connectivity index (χ1v) is 11.6. The Bertz CT molecular complexity index is 1050. The predicted molar refractivity (Wildman–Crippen MR) is 130 cm³/mol. The molecule has 1 aromatic heterocycles. The molecule has 1 aromatic carbocycles. The fourth-order valence-corrected chi connectivity index (χ4v) is 3.87. The van der Waals surface area contributed by atoms with Crippen molar-refractivity contribution in [2.24, 2.45) is 5.73 Å². The zero-order chi connectivity index (χ0) is 25.6. The molecule has 1 aliphatic heterocycles. The van der Waals surface area contributed by atoms with Gasteiger partial charge in [-0.1, -0.05) is 12.1 Å². The SMILES string of the molecule is COCCOC(=O)c1ccc(-c2nc(C3CCN(C(=O)OC(C)(C)C)CC3)ccc2C(N)=O)cc1. The Morgan fingerprint density at radius 2 is 1.69 bits per heavy atom. The zero-order valence-electron chi connectivity index (χ0n) is 20.7. The second-order valence-corrected chi connectivity index (χ2v) is 9.44. The quantitative estimate of drug-likeness (QED) is 0.470. The van der Waals surface area contributed by atoms with Gasteiger partial charge in [-0.2, -0.15) is 0 Å². The molecule has 35 heavy (non-hydrogen) atoms. The van der Waals surface area contributed by atoms with E-state index < -0.39 is 17.5 Å². The van der Waals surface area contributed by atoms with Gasteiger partial charge >= 0.3 is 12.1 Å². The van der Waals surface area contributed by atoms with E-state index in [1.807, 2.05) is 26.8 Å². The van der Waals surface area contributed by atoms with E-state index in [-0.39, 0.29) is 18.6 Å². The fourth-order valence-electron chi connectivity index (χ4n) is 3.87. The molecule has 0 bridgehead atoms. The Kier molecular flexibility index (Phi) is 8.45. The standard InChI is InChI=1S/C26H33N3O6/c1-26(2,3)35-25(32)29-13-11-17(12-14-29)21-10-9-20(23(27)30)22(28-21)18-5-7-19(8-6-18)24(31)34-16-15-33-4/h5-10,17H,11-16H2,1-4H3,(H2,27,30). The number of primary amides is 1. The molecule has 1 aliphatic rings. The van der Waals surface area contributed by atoms with Gasteiger partial charge in [-0.05, 0) is 57.9 Å². The first-order chi connectivity index (χ1) is 16.6. The summed E-state index contributed by atoms with van der Waals surface area (Å²) >= 11 is 0. The summed E-state index contributed by atoms with van der Waals surface area (Å²) in [6.07, 6.45) is 1.15. The Morgan fingerprint density at radius 3 is 2.26 bits per heavy atom. The molecule has 2 heterocycles. The molecule has 0 spiro atoms. The first-order valence-electron chi connectivity index (χ1n) is 11.6. The van der Waals surface area contributed by atoms with Crippen LogP contribution in [0.5, 0.6) is 0 Å². The molecular weight excluding hydrogens is 450 g/mol. The maximum atomic E-state index is 12.4. The monoisotopic (exact) mass is 483 g/mol. The number of piperidine rings is 1. The van der Waals surface area contributed by atoms with Crippen molar-refractivity contribution in [2.45, 2.75) is 45.1 Å². The Balaban J connectivity index is 1.76. The molecule has 0 aliphatic carbocycles. The van der Waals surface area contributed by atoms with Crippen LogP contribution in [0.2, 0.25) is 0 Å². The molecular formula is C26H33N3O6. The molecule has 9 heteroatoms. The number of methoxy groups -OCH3 is 1. The largest absolute Gasteiger partial charge is 0.460 e. The number of aromatic nitrogens is 1. The van der Waals surface area contributed by atoms with Crippen molar-refractivity contribution in [3.05, 3.63) is 53.2 Å². The molecule has 0 radical (unpaired) electrons. The highest BCUT2D eigenvalue weighted by molar-refractivity contribution is 5.99. The second kappa shape index (κ2) is 11.3. The minimum atomic E-state index is -0.582. The molecule has 0 unspecified atom stereocenters. The molecule has 1 fully saturated rings. The normalized spacial score (nSPS) is 14.5. The summed E-state index contributed by atoms with van der Waals surface area (Å²) in [7, 11) is 1.53. The number of rotatable bonds is 7. The third-order valence-corrected chi connectivity index (χ3v) is 5.66. The van der Waals surface area contributed by atoms with Crippen LogP contribution in [-0.2, 0) is 14.2 Å². The van der Waals surface area contributed by atoms with Crippen molar-refractivity contribution < 1.29 is 28.6 Å². The molecule has 2 N–H and O–H groups in total. The van der Waals surface area contributed by atoms with Crippen molar-refractivity contribution in [3.63, 3.8) is 0 Å². The molecule has 0 saturated carbocycles. The number of carbonyl (C=O) groups excluding carboxylic acids is 3. The fraction of sp³-hybridized carbons (Fsp3) is 0.462. The van der Waals surface area contributed by atoms with Crippen LogP contribution >= 0.6 is 0 Å². The first kappa shape index (κ1) is 26.2. The highest BCUT2D eigenvalue weighted by Crippen LogP contribution is 2.31. The Labute approximate surface area is 205 Å². The van der Waals surface area contributed by atoms with Gasteiger partial charge in [0.1, 0.15) is 12.2 Å². The van der Waals surface area contributed by atoms with Gasteiger partial charge in [-0.15, -0.1) is 0 Å². The molecule has 0 atom stereocenters. The highest BCUT2D eigenvalue weighted by Gasteiger charge is 2.28. The summed E-state index contributed by atoms with van der Waals surface area (Å²) in [6.45, 7) is 7.15. The summed E-state index contributed by atoms with van der Waals surface area (Å²) in [5.41, 5.74) is 7.71. The lowest BCUT2D eigenvalue weighted by atomic mass is 9.92. The van der Waals surface area contributed by atoms with Crippen LogP contribution in [0.25, 0.3) is 11.3 Å². The molecule has 3 rings (SSSR count). The van der Waals surface area contributed by atoms with E-state index in [4.69, 9.17) is 24.9 Å². The zero-order valence-corrected chi connectivity index (χ0v) is 20.7. The number of likely N-dealkylation sites (tertiary alicyclic amines) is 1. The van der Waals surface area contributed by atoms with Crippen LogP contribution in [0.1, 0.15) is 65.9 Å². The maximum absolute atomic E-state index is 12.4. The molecule has 2 amide bonds. The summed E-state index contributed by atoms with van der Waals surface area (Å²) in [6, 6.07) is 10.2. The molecule has 188 valence electrons. The number of ether oxygens (including phenoxy) is 3. The summed E-state index contributed by atoms with van der Waals surface area (Å²) < 4.78 is 15.5. The van der Waals surface area contributed by atoms with Gasteiger partial charge < -0.3 is 24.8 Å². The van der Waals surface area contributed by atoms with Gasteiger partial charge in [-0.25, -0.2) is 9.59 Å². The van der Waals surface area contributed by atoms with E-state index in [9.17, 15) is 14.4 Å². The van der Waals surface area contributed by atoms with Crippen LogP contribution in [0.3, 0.4) is 0 Å². The number of nitrogens with two attached hydrogens (primary N) is 1. The molecule has 9 nitrogen and oxygen atoms in total. The number of hydrogen-bond acceptors (Lipinski definition) is 7. The third-order valence-electron chi connectivity index (χ3n) is 5.66. The number of pyridine rings is 1. The third kappa shape index (κ3) is 7.02. The van der Waals surface area contributed by atoms with Crippen LogP contribution in [0.4, 0.5) is 4.79 Å². The van der Waals surface area contributed by atoms with Crippen LogP contribution in [0.15, 0.2) is 36.4 Å². The number of carbonyl (C=O) groups is 3. The summed E-state index contributed by atoms with van der Waals surface area (Å²) in [5, 5.41) is 0. The van der Waals surface area contributed by atoms with Crippen molar-refractivity contribution in [3.8, 4) is 11.3 Å². The van der Waals surface area contributed by atoms with Gasteiger partial charge in [0.15, 0.2) is 0 Å². The number of benzene rings is 1. The smallest absolute Gasteiger partial charge is 0.410 e. The topological polar surface area (TPSA) is 121 Å². The average Bonchev–Trinajstić information content (AvgIpc) is 2.83. The summed E-state index contributed by atoms with van der Waals surface area (Å²) in [5.74, 6) is -0.909. The van der Waals surface area contributed by atoms with E-state index in [2.05, 4.69) is 0 Å².